The Morgan fingerprint density at radius 3 is 2.62 bits per heavy atom. The Hall–Kier alpha value is -3.98. The number of para-hydroxylation sites is 1. The van der Waals surface area contributed by atoms with E-state index in [1.165, 1.54) is 4.57 Å². The molecule has 9 nitrogen and oxygen atoms in total. The second-order valence-corrected chi connectivity index (χ2v) is 7.39. The number of hydrogen-bond acceptors (Lipinski definition) is 6. The number of imidazole rings is 1. The van der Waals surface area contributed by atoms with Gasteiger partial charge in [0, 0.05) is 23.7 Å². The number of methoxy groups -OCH3 is 1. The first kappa shape index (κ1) is 21.3. The third-order valence-corrected chi connectivity index (χ3v) is 5.35. The molecule has 2 aromatic heterocycles. The predicted molar refractivity (Wildman–Crippen MR) is 121 cm³/mol. The minimum absolute atomic E-state index is 0.00967. The smallest absolute Gasteiger partial charge is 0.328 e. The molecule has 4 rings (SSSR count). The summed E-state index contributed by atoms with van der Waals surface area (Å²) in [6.07, 6.45) is 0.507. The van der Waals surface area contributed by atoms with E-state index in [2.05, 4.69) is 20.3 Å². The molecule has 0 fully saturated rings. The first-order chi connectivity index (χ1) is 15.5. The summed E-state index contributed by atoms with van der Waals surface area (Å²) in [5.41, 5.74) is 2.84. The number of carbonyl (C=O) groups is 1. The van der Waals surface area contributed by atoms with Gasteiger partial charge in [0.15, 0.2) is 17.3 Å². The molecule has 0 aliphatic heterocycles. The van der Waals surface area contributed by atoms with Crippen molar-refractivity contribution in [3.63, 3.8) is 0 Å². The molecule has 32 heavy (non-hydrogen) atoms. The van der Waals surface area contributed by atoms with Crippen LogP contribution in [0.2, 0.25) is 0 Å². The van der Waals surface area contributed by atoms with Gasteiger partial charge in [-0.2, -0.15) is 0 Å². The molecule has 164 valence electrons. The quantitative estimate of drug-likeness (QED) is 0.367. The fourth-order valence-electron chi connectivity index (χ4n) is 3.54. The van der Waals surface area contributed by atoms with Crippen molar-refractivity contribution in [3.05, 3.63) is 70.1 Å². The van der Waals surface area contributed by atoms with E-state index in [0.717, 1.165) is 11.1 Å². The number of H-pyrrole nitrogens is 1. The van der Waals surface area contributed by atoms with Crippen molar-refractivity contribution in [3.8, 4) is 17.1 Å². The standard InChI is InChI=1S/C23H23N5O4/c1-14(12-29)15-7-9-16(10-8-15)20-26-21(24-13-30)19-22(27-20)28(23(31)25-19)11-17-5-3-4-6-18(17)32-2/h3-10,13-14,29H,11-12H2,1-2H3,(H,25,31)(H,24,26,27,30). The van der Waals surface area contributed by atoms with Gasteiger partial charge in [0.25, 0.3) is 0 Å². The maximum absolute atomic E-state index is 12.8. The second-order valence-electron chi connectivity index (χ2n) is 7.39. The Balaban J connectivity index is 1.84. The number of benzene rings is 2. The lowest BCUT2D eigenvalue weighted by molar-refractivity contribution is -0.105. The average Bonchev–Trinajstić information content (AvgIpc) is 3.14. The molecule has 1 atom stereocenters. The fourth-order valence-corrected chi connectivity index (χ4v) is 3.54. The Bertz CT molecular complexity index is 1310. The highest BCUT2D eigenvalue weighted by Gasteiger charge is 2.18. The largest absolute Gasteiger partial charge is 0.496 e. The minimum Gasteiger partial charge on any atom is -0.496 e. The number of aliphatic hydroxyl groups is 1. The molecular formula is C23H23N5O4. The van der Waals surface area contributed by atoms with Crippen LogP contribution in [0.1, 0.15) is 24.0 Å². The van der Waals surface area contributed by atoms with Crippen molar-refractivity contribution in [1.29, 1.82) is 0 Å². The fraction of sp³-hybridized carbons (Fsp3) is 0.217. The molecule has 0 saturated heterocycles. The Labute approximate surface area is 183 Å². The number of aromatic amines is 1. The Kier molecular flexibility index (Phi) is 6.00. The molecule has 0 saturated carbocycles. The van der Waals surface area contributed by atoms with E-state index in [4.69, 9.17) is 4.74 Å². The van der Waals surface area contributed by atoms with E-state index in [0.29, 0.717) is 34.7 Å². The summed E-state index contributed by atoms with van der Waals surface area (Å²) in [6, 6.07) is 14.9. The molecule has 3 N–H and O–H groups in total. The van der Waals surface area contributed by atoms with Crippen LogP contribution in [0.3, 0.4) is 0 Å². The van der Waals surface area contributed by atoms with Crippen molar-refractivity contribution in [2.24, 2.45) is 0 Å². The van der Waals surface area contributed by atoms with Crippen LogP contribution in [0.4, 0.5) is 5.82 Å². The highest BCUT2D eigenvalue weighted by Crippen LogP contribution is 2.26. The third kappa shape index (κ3) is 3.97. The SMILES string of the molecule is COc1ccccc1Cn1c(=O)[nH]c2c(NC=O)nc(-c3ccc(C(C)CO)cc3)nc21. The highest BCUT2D eigenvalue weighted by molar-refractivity contribution is 5.90. The van der Waals surface area contributed by atoms with E-state index >= 15 is 0 Å². The summed E-state index contributed by atoms with van der Waals surface area (Å²) >= 11 is 0. The normalized spacial score (nSPS) is 12.0. The highest BCUT2D eigenvalue weighted by atomic mass is 16.5. The lowest BCUT2D eigenvalue weighted by atomic mass is 10.0. The Morgan fingerprint density at radius 1 is 1.19 bits per heavy atom. The summed E-state index contributed by atoms with van der Waals surface area (Å²) in [5, 5.41) is 11.9. The minimum atomic E-state index is -0.376. The molecule has 4 aromatic rings. The van der Waals surface area contributed by atoms with Crippen molar-refractivity contribution < 1.29 is 14.6 Å². The topological polar surface area (TPSA) is 122 Å². The Morgan fingerprint density at radius 2 is 1.94 bits per heavy atom. The van der Waals surface area contributed by atoms with Crippen LogP contribution in [0.5, 0.6) is 5.75 Å². The molecule has 1 amide bonds. The number of ether oxygens (including phenoxy) is 1. The number of amides is 1. The number of carbonyl (C=O) groups excluding carboxylic acids is 1. The van der Waals surface area contributed by atoms with E-state index in [1.807, 2.05) is 55.5 Å². The van der Waals surface area contributed by atoms with Crippen LogP contribution in [-0.4, -0.2) is 44.8 Å². The summed E-state index contributed by atoms with van der Waals surface area (Å²) < 4.78 is 6.89. The van der Waals surface area contributed by atoms with Crippen LogP contribution < -0.4 is 15.7 Å². The van der Waals surface area contributed by atoms with Crippen LogP contribution in [-0.2, 0) is 11.3 Å². The number of aliphatic hydroxyl groups excluding tert-OH is 1. The van der Waals surface area contributed by atoms with Gasteiger partial charge in [-0.1, -0.05) is 49.4 Å². The molecular weight excluding hydrogens is 410 g/mol. The van der Waals surface area contributed by atoms with Gasteiger partial charge in [0.2, 0.25) is 6.41 Å². The molecule has 2 aromatic carbocycles. The van der Waals surface area contributed by atoms with E-state index in [9.17, 15) is 14.7 Å². The van der Waals surface area contributed by atoms with Gasteiger partial charge >= 0.3 is 5.69 Å². The summed E-state index contributed by atoms with van der Waals surface area (Å²) in [5.74, 6) is 1.24. The molecule has 0 aliphatic carbocycles. The number of aromatic nitrogens is 4. The first-order valence-electron chi connectivity index (χ1n) is 10.1. The van der Waals surface area contributed by atoms with Gasteiger partial charge in [-0.15, -0.1) is 0 Å². The summed E-state index contributed by atoms with van der Waals surface area (Å²) in [6.45, 7) is 2.21. The van der Waals surface area contributed by atoms with E-state index in [1.54, 1.807) is 7.11 Å². The number of nitrogens with zero attached hydrogens (tertiary/aromatic N) is 3. The van der Waals surface area contributed by atoms with Gasteiger partial charge in [-0.3, -0.25) is 9.36 Å². The van der Waals surface area contributed by atoms with Crippen molar-refractivity contribution in [2.75, 3.05) is 19.0 Å². The van der Waals surface area contributed by atoms with Crippen molar-refractivity contribution >= 4 is 23.4 Å². The van der Waals surface area contributed by atoms with Gasteiger partial charge in [0.1, 0.15) is 11.3 Å². The zero-order valence-corrected chi connectivity index (χ0v) is 17.7. The van der Waals surface area contributed by atoms with Crippen LogP contribution in [0.15, 0.2) is 53.3 Å². The molecule has 9 heteroatoms. The van der Waals surface area contributed by atoms with E-state index in [-0.39, 0.29) is 30.6 Å². The first-order valence-corrected chi connectivity index (χ1v) is 10.1. The zero-order chi connectivity index (χ0) is 22.7. The summed E-state index contributed by atoms with van der Waals surface area (Å²) in [7, 11) is 1.57. The molecule has 0 spiro atoms. The van der Waals surface area contributed by atoms with Gasteiger partial charge in [-0.05, 0) is 11.6 Å². The molecule has 0 bridgehead atoms. The number of fused-ring (bicyclic) bond motifs is 1. The molecule has 0 aliphatic rings. The molecule has 1 unspecified atom stereocenters. The predicted octanol–water partition coefficient (Wildman–Crippen LogP) is 2.51. The van der Waals surface area contributed by atoms with Gasteiger partial charge in [-0.25, -0.2) is 14.8 Å². The maximum atomic E-state index is 12.8. The third-order valence-electron chi connectivity index (χ3n) is 5.35. The lowest BCUT2D eigenvalue weighted by Gasteiger charge is -2.11. The van der Waals surface area contributed by atoms with Gasteiger partial charge < -0.3 is 20.1 Å². The molecule has 2 heterocycles. The van der Waals surface area contributed by atoms with Crippen LogP contribution in [0, 0.1) is 0 Å². The number of nitrogens with one attached hydrogen (secondary N) is 2. The number of rotatable bonds is 8. The average molecular weight is 433 g/mol. The van der Waals surface area contributed by atoms with Crippen LogP contribution in [0.25, 0.3) is 22.6 Å². The van der Waals surface area contributed by atoms with Crippen LogP contribution >= 0.6 is 0 Å². The maximum Gasteiger partial charge on any atom is 0.328 e. The molecule has 0 radical (unpaired) electrons. The second kappa shape index (κ2) is 9.03. The van der Waals surface area contributed by atoms with Gasteiger partial charge in [0.05, 0.1) is 13.7 Å². The number of hydrogen-bond donors (Lipinski definition) is 3. The van der Waals surface area contributed by atoms with Crippen molar-refractivity contribution in [1.82, 2.24) is 19.5 Å². The summed E-state index contributed by atoms with van der Waals surface area (Å²) in [4.78, 5) is 35.7. The zero-order valence-electron chi connectivity index (χ0n) is 17.7. The van der Waals surface area contributed by atoms with Crippen molar-refractivity contribution in [2.45, 2.75) is 19.4 Å². The monoisotopic (exact) mass is 433 g/mol. The number of anilines is 1. The van der Waals surface area contributed by atoms with E-state index < -0.39 is 0 Å². The lowest BCUT2D eigenvalue weighted by Crippen LogP contribution is -2.18.